The van der Waals surface area contributed by atoms with Crippen LogP contribution >= 0.6 is 0 Å². The fourth-order valence-corrected chi connectivity index (χ4v) is 2.38. The molecule has 1 N–H and O–H groups in total. The molecule has 0 aliphatic rings. The summed E-state index contributed by atoms with van der Waals surface area (Å²) in [5.41, 5.74) is 4.26. The van der Waals surface area contributed by atoms with Gasteiger partial charge < -0.3 is 10.1 Å². The van der Waals surface area contributed by atoms with Crippen LogP contribution < -0.4 is 10.1 Å². The average Bonchev–Trinajstić information content (AvgIpc) is 2.53. The normalized spacial score (nSPS) is 11.6. The van der Waals surface area contributed by atoms with Crippen LogP contribution in [0.2, 0.25) is 0 Å². The zero-order valence-electron chi connectivity index (χ0n) is 13.2. The maximum atomic E-state index is 11.4. The lowest BCUT2D eigenvalue weighted by molar-refractivity contribution is -0.118. The molecule has 114 valence electrons. The summed E-state index contributed by atoms with van der Waals surface area (Å²) in [5.74, 6) is 0.761. The number of carbonyl (C=O) groups excluding carboxylic acids is 1. The predicted molar refractivity (Wildman–Crippen MR) is 89.6 cm³/mol. The summed E-state index contributed by atoms with van der Waals surface area (Å²) in [6.07, 6.45) is 0.763. The Balaban J connectivity index is 2.38. The molecule has 0 radical (unpaired) electrons. The molecule has 0 unspecified atom stereocenters. The van der Waals surface area contributed by atoms with Crippen molar-refractivity contribution in [2.45, 2.75) is 20.3 Å². The minimum atomic E-state index is -0.0587. The Hall–Kier alpha value is -2.55. The van der Waals surface area contributed by atoms with Gasteiger partial charge in [0.1, 0.15) is 5.75 Å². The maximum Gasteiger partial charge on any atom is 0.220 e. The molecule has 0 aliphatic carbocycles. The number of hydrogen-bond acceptors (Lipinski definition) is 2. The Kier molecular flexibility index (Phi) is 5.37. The third kappa shape index (κ3) is 4.22. The molecule has 3 heteroatoms. The van der Waals surface area contributed by atoms with E-state index in [-0.39, 0.29) is 5.91 Å². The van der Waals surface area contributed by atoms with E-state index < -0.39 is 0 Å². The zero-order valence-corrected chi connectivity index (χ0v) is 13.2. The van der Waals surface area contributed by atoms with Crippen LogP contribution in [0.5, 0.6) is 5.75 Å². The monoisotopic (exact) mass is 295 g/mol. The van der Waals surface area contributed by atoms with E-state index in [9.17, 15) is 4.79 Å². The second kappa shape index (κ2) is 7.46. The van der Waals surface area contributed by atoms with Crippen LogP contribution in [-0.2, 0) is 11.2 Å². The predicted octanol–water partition coefficient (Wildman–Crippen LogP) is 3.81. The van der Waals surface area contributed by atoms with Crippen LogP contribution in [0.15, 0.2) is 60.3 Å². The topological polar surface area (TPSA) is 38.3 Å². The number of carbonyl (C=O) groups is 1. The molecule has 2 rings (SSSR count). The van der Waals surface area contributed by atoms with Gasteiger partial charge in [-0.2, -0.15) is 0 Å². The maximum absolute atomic E-state index is 11.4. The fourth-order valence-electron chi connectivity index (χ4n) is 2.38. The first-order valence-electron chi connectivity index (χ1n) is 7.26. The number of nitrogens with one attached hydrogen (secondary N) is 1. The lowest BCUT2D eigenvalue weighted by atomic mass is 9.96. The van der Waals surface area contributed by atoms with E-state index in [0.717, 1.165) is 29.0 Å². The number of amides is 1. The summed E-state index contributed by atoms with van der Waals surface area (Å²) in [7, 11) is 1.65. The SMILES string of the molecule is COc1ccc(/C(Cc2ccccc2)=C(\C)NC(C)=O)cc1. The van der Waals surface area contributed by atoms with E-state index in [1.807, 2.05) is 49.4 Å². The molecule has 0 fully saturated rings. The first kappa shape index (κ1) is 15.8. The van der Waals surface area contributed by atoms with Gasteiger partial charge in [-0.3, -0.25) is 4.79 Å². The van der Waals surface area contributed by atoms with E-state index >= 15 is 0 Å². The smallest absolute Gasteiger partial charge is 0.220 e. The molecule has 2 aromatic rings. The summed E-state index contributed by atoms with van der Waals surface area (Å²) < 4.78 is 5.21. The Morgan fingerprint density at radius 2 is 1.64 bits per heavy atom. The molecule has 0 spiro atoms. The van der Waals surface area contributed by atoms with Gasteiger partial charge in [-0.05, 0) is 42.2 Å². The molecule has 0 bridgehead atoms. The molecule has 0 saturated carbocycles. The molecule has 0 aromatic heterocycles. The van der Waals surface area contributed by atoms with Crippen LogP contribution in [0.1, 0.15) is 25.0 Å². The quantitative estimate of drug-likeness (QED) is 0.911. The van der Waals surface area contributed by atoms with Gasteiger partial charge in [0.05, 0.1) is 7.11 Å². The van der Waals surface area contributed by atoms with E-state index in [0.29, 0.717) is 0 Å². The molecule has 22 heavy (non-hydrogen) atoms. The number of ether oxygens (including phenoxy) is 1. The Labute approximate surface area is 131 Å². The first-order chi connectivity index (χ1) is 10.6. The molecular formula is C19H21NO2. The molecule has 0 saturated heterocycles. The molecule has 2 aromatic carbocycles. The highest BCUT2D eigenvalue weighted by molar-refractivity contribution is 5.79. The summed E-state index contributed by atoms with van der Waals surface area (Å²) in [5, 5.41) is 2.90. The van der Waals surface area contributed by atoms with Crippen molar-refractivity contribution in [2.24, 2.45) is 0 Å². The van der Waals surface area contributed by atoms with Crippen LogP contribution in [0, 0.1) is 0 Å². The van der Waals surface area contributed by atoms with Gasteiger partial charge in [0, 0.05) is 12.6 Å². The van der Waals surface area contributed by atoms with Gasteiger partial charge in [-0.15, -0.1) is 0 Å². The highest BCUT2D eigenvalue weighted by Crippen LogP contribution is 2.24. The average molecular weight is 295 g/mol. The van der Waals surface area contributed by atoms with Crippen LogP contribution in [0.25, 0.3) is 5.57 Å². The van der Waals surface area contributed by atoms with Crippen LogP contribution in [-0.4, -0.2) is 13.0 Å². The Morgan fingerprint density at radius 3 is 2.18 bits per heavy atom. The van der Waals surface area contributed by atoms with Gasteiger partial charge in [0.25, 0.3) is 0 Å². The van der Waals surface area contributed by atoms with Crippen LogP contribution in [0.4, 0.5) is 0 Å². The van der Waals surface area contributed by atoms with E-state index in [4.69, 9.17) is 4.74 Å². The van der Waals surface area contributed by atoms with Crippen molar-refractivity contribution < 1.29 is 9.53 Å². The number of benzene rings is 2. The highest BCUT2D eigenvalue weighted by atomic mass is 16.5. The van der Waals surface area contributed by atoms with Crippen LogP contribution in [0.3, 0.4) is 0 Å². The molecular weight excluding hydrogens is 274 g/mol. The van der Waals surface area contributed by atoms with E-state index in [1.165, 1.54) is 12.5 Å². The molecule has 3 nitrogen and oxygen atoms in total. The van der Waals surface area contributed by atoms with Gasteiger partial charge in [-0.1, -0.05) is 42.5 Å². The number of allylic oxidation sites excluding steroid dienone is 2. The van der Waals surface area contributed by atoms with E-state index in [1.54, 1.807) is 7.11 Å². The Morgan fingerprint density at radius 1 is 1.00 bits per heavy atom. The minimum absolute atomic E-state index is 0.0587. The lowest BCUT2D eigenvalue weighted by Gasteiger charge is -2.14. The lowest BCUT2D eigenvalue weighted by Crippen LogP contribution is -2.19. The summed E-state index contributed by atoms with van der Waals surface area (Å²) in [6, 6.07) is 18.1. The van der Waals surface area contributed by atoms with Crippen molar-refractivity contribution in [3.8, 4) is 5.75 Å². The molecule has 0 heterocycles. The summed E-state index contributed by atoms with van der Waals surface area (Å²) in [4.78, 5) is 11.4. The molecule has 1 amide bonds. The van der Waals surface area contributed by atoms with Gasteiger partial charge in [-0.25, -0.2) is 0 Å². The van der Waals surface area contributed by atoms with E-state index in [2.05, 4.69) is 17.4 Å². The van der Waals surface area contributed by atoms with Crippen molar-refractivity contribution in [1.29, 1.82) is 0 Å². The van der Waals surface area contributed by atoms with Crippen molar-refractivity contribution in [3.63, 3.8) is 0 Å². The van der Waals surface area contributed by atoms with Gasteiger partial charge >= 0.3 is 0 Å². The number of rotatable bonds is 5. The Bertz CT molecular complexity index is 658. The zero-order chi connectivity index (χ0) is 15.9. The van der Waals surface area contributed by atoms with Crippen molar-refractivity contribution >= 4 is 11.5 Å². The second-order valence-electron chi connectivity index (χ2n) is 5.18. The first-order valence-corrected chi connectivity index (χ1v) is 7.26. The second-order valence-corrected chi connectivity index (χ2v) is 5.18. The van der Waals surface area contributed by atoms with Gasteiger partial charge in [0.2, 0.25) is 5.91 Å². The number of hydrogen-bond donors (Lipinski definition) is 1. The van der Waals surface area contributed by atoms with Gasteiger partial charge in [0.15, 0.2) is 0 Å². The number of methoxy groups -OCH3 is 1. The third-order valence-electron chi connectivity index (χ3n) is 3.48. The van der Waals surface area contributed by atoms with Crippen molar-refractivity contribution in [1.82, 2.24) is 5.32 Å². The largest absolute Gasteiger partial charge is 0.497 e. The third-order valence-corrected chi connectivity index (χ3v) is 3.48. The minimum Gasteiger partial charge on any atom is -0.497 e. The molecule has 0 aliphatic heterocycles. The fraction of sp³-hybridized carbons (Fsp3) is 0.211. The summed E-state index contributed by atoms with van der Waals surface area (Å²) in [6.45, 7) is 3.46. The summed E-state index contributed by atoms with van der Waals surface area (Å²) >= 11 is 0. The van der Waals surface area contributed by atoms with Crippen molar-refractivity contribution in [2.75, 3.05) is 7.11 Å². The standard InChI is InChI=1S/C19H21NO2/c1-14(20-15(2)21)19(13-16-7-5-4-6-8-16)17-9-11-18(22-3)12-10-17/h4-12H,13H2,1-3H3,(H,20,21)/b19-14+. The highest BCUT2D eigenvalue weighted by Gasteiger charge is 2.09. The van der Waals surface area contributed by atoms with Crippen molar-refractivity contribution in [3.05, 3.63) is 71.4 Å². The molecule has 0 atom stereocenters.